The molecule has 0 aliphatic carbocycles. The van der Waals surface area contributed by atoms with Gasteiger partial charge in [0.25, 0.3) is 5.91 Å². The summed E-state index contributed by atoms with van der Waals surface area (Å²) in [7, 11) is 0. The summed E-state index contributed by atoms with van der Waals surface area (Å²) in [4.78, 5) is 13.4. The van der Waals surface area contributed by atoms with Gasteiger partial charge in [0.1, 0.15) is 5.75 Å². The number of rotatable bonds is 9. The second-order valence-electron chi connectivity index (χ2n) is 6.98. The minimum absolute atomic E-state index is 0.157. The molecular weight excluding hydrogens is 454 g/mol. The highest BCUT2D eigenvalue weighted by Crippen LogP contribution is 2.28. The molecule has 168 valence electrons. The van der Waals surface area contributed by atoms with Gasteiger partial charge >= 0.3 is 0 Å². The molecular formula is C24H23N5O2S2. The fourth-order valence-corrected chi connectivity index (χ4v) is 4.60. The van der Waals surface area contributed by atoms with Crippen LogP contribution in [-0.4, -0.2) is 39.2 Å². The van der Waals surface area contributed by atoms with Crippen molar-refractivity contribution in [3.63, 3.8) is 0 Å². The standard InChI is InChI=1S/C24H23N5O2S2/c1-3-31-20-11-9-19(10-12-20)29-23(18-7-5-4-6-8-18)27-28-24(29)33-16-22(30)26-25-15-21-17(2)13-14-32-21/h4-15H,3,16H2,1-2H3,(H,26,30)/b25-15-. The van der Waals surface area contributed by atoms with Crippen LogP contribution in [0.1, 0.15) is 17.4 Å². The molecule has 2 heterocycles. The van der Waals surface area contributed by atoms with Gasteiger partial charge in [0, 0.05) is 16.1 Å². The van der Waals surface area contributed by atoms with Crippen molar-refractivity contribution in [3.8, 4) is 22.8 Å². The van der Waals surface area contributed by atoms with Gasteiger partial charge in [-0.2, -0.15) is 5.10 Å². The van der Waals surface area contributed by atoms with E-state index in [-0.39, 0.29) is 11.7 Å². The van der Waals surface area contributed by atoms with E-state index in [1.54, 1.807) is 17.6 Å². The third-order valence-electron chi connectivity index (χ3n) is 4.68. The number of hydrazone groups is 1. The van der Waals surface area contributed by atoms with Crippen LogP contribution in [-0.2, 0) is 4.79 Å². The lowest BCUT2D eigenvalue weighted by Gasteiger charge is -2.11. The molecule has 0 saturated carbocycles. The van der Waals surface area contributed by atoms with Gasteiger partial charge in [-0.3, -0.25) is 9.36 Å². The van der Waals surface area contributed by atoms with Gasteiger partial charge in [-0.05, 0) is 55.1 Å². The van der Waals surface area contributed by atoms with Crippen LogP contribution in [0.5, 0.6) is 5.75 Å². The Hall–Kier alpha value is -3.43. The molecule has 0 atom stereocenters. The third-order valence-corrected chi connectivity index (χ3v) is 6.56. The number of thioether (sulfide) groups is 1. The van der Waals surface area contributed by atoms with E-state index in [1.165, 1.54) is 11.8 Å². The summed E-state index contributed by atoms with van der Waals surface area (Å²) >= 11 is 2.89. The van der Waals surface area contributed by atoms with Crippen molar-refractivity contribution in [2.24, 2.45) is 5.10 Å². The Bertz CT molecular complexity index is 1230. The number of benzene rings is 2. The van der Waals surface area contributed by atoms with E-state index in [9.17, 15) is 4.79 Å². The van der Waals surface area contributed by atoms with Crippen LogP contribution in [0, 0.1) is 6.92 Å². The largest absolute Gasteiger partial charge is 0.494 e. The second kappa shape index (κ2) is 10.9. The first-order valence-corrected chi connectivity index (χ1v) is 12.2. The van der Waals surface area contributed by atoms with Gasteiger partial charge in [-0.1, -0.05) is 42.1 Å². The smallest absolute Gasteiger partial charge is 0.250 e. The Morgan fingerprint density at radius 1 is 1.15 bits per heavy atom. The number of carbonyl (C=O) groups excluding carboxylic acids is 1. The molecule has 2 aromatic heterocycles. The molecule has 4 rings (SSSR count). The summed E-state index contributed by atoms with van der Waals surface area (Å²) in [5.74, 6) is 1.44. The summed E-state index contributed by atoms with van der Waals surface area (Å²) in [5, 5.41) is 15.4. The summed E-state index contributed by atoms with van der Waals surface area (Å²) in [6.07, 6.45) is 1.67. The number of nitrogens with zero attached hydrogens (tertiary/aromatic N) is 4. The van der Waals surface area contributed by atoms with Crippen LogP contribution in [0.4, 0.5) is 0 Å². The number of ether oxygens (including phenoxy) is 1. The van der Waals surface area contributed by atoms with Crippen LogP contribution in [0.15, 0.2) is 76.3 Å². The first-order chi connectivity index (χ1) is 16.2. The molecule has 0 saturated heterocycles. The van der Waals surface area contributed by atoms with Crippen molar-refractivity contribution in [1.82, 2.24) is 20.2 Å². The highest BCUT2D eigenvalue weighted by Gasteiger charge is 2.17. The molecule has 0 aliphatic heterocycles. The van der Waals surface area contributed by atoms with E-state index < -0.39 is 0 Å². The van der Waals surface area contributed by atoms with E-state index >= 15 is 0 Å². The zero-order chi connectivity index (χ0) is 23.0. The van der Waals surface area contributed by atoms with Gasteiger partial charge < -0.3 is 4.74 Å². The monoisotopic (exact) mass is 477 g/mol. The van der Waals surface area contributed by atoms with E-state index in [1.807, 2.05) is 84.5 Å². The highest BCUT2D eigenvalue weighted by molar-refractivity contribution is 7.99. The molecule has 2 aromatic carbocycles. The van der Waals surface area contributed by atoms with Gasteiger partial charge in [-0.15, -0.1) is 21.5 Å². The van der Waals surface area contributed by atoms with Crippen molar-refractivity contribution in [2.45, 2.75) is 19.0 Å². The average molecular weight is 478 g/mol. The highest BCUT2D eigenvalue weighted by atomic mass is 32.2. The van der Waals surface area contributed by atoms with Crippen molar-refractivity contribution < 1.29 is 9.53 Å². The molecule has 7 nitrogen and oxygen atoms in total. The third kappa shape index (κ3) is 5.68. The Labute approximate surface area is 200 Å². The van der Waals surface area contributed by atoms with Gasteiger partial charge in [0.2, 0.25) is 0 Å². The number of hydrogen-bond acceptors (Lipinski definition) is 7. The zero-order valence-corrected chi connectivity index (χ0v) is 19.9. The summed E-state index contributed by atoms with van der Waals surface area (Å²) in [6.45, 7) is 4.56. The molecule has 0 radical (unpaired) electrons. The lowest BCUT2D eigenvalue weighted by atomic mass is 10.2. The number of thiophene rings is 1. The molecule has 33 heavy (non-hydrogen) atoms. The molecule has 4 aromatic rings. The van der Waals surface area contributed by atoms with Crippen LogP contribution < -0.4 is 10.2 Å². The molecule has 0 aliphatic rings. The van der Waals surface area contributed by atoms with Crippen molar-refractivity contribution in [2.75, 3.05) is 12.4 Å². The van der Waals surface area contributed by atoms with Crippen molar-refractivity contribution in [1.29, 1.82) is 0 Å². The molecule has 0 fully saturated rings. The quantitative estimate of drug-likeness (QED) is 0.210. The number of nitrogens with one attached hydrogen (secondary N) is 1. The Balaban J connectivity index is 1.52. The lowest BCUT2D eigenvalue weighted by molar-refractivity contribution is -0.118. The summed E-state index contributed by atoms with van der Waals surface area (Å²) < 4.78 is 7.51. The van der Waals surface area contributed by atoms with Gasteiger partial charge in [-0.25, -0.2) is 5.43 Å². The van der Waals surface area contributed by atoms with Crippen molar-refractivity contribution in [3.05, 3.63) is 76.5 Å². The second-order valence-corrected chi connectivity index (χ2v) is 8.87. The van der Waals surface area contributed by atoms with Crippen LogP contribution in [0.3, 0.4) is 0 Å². The minimum Gasteiger partial charge on any atom is -0.494 e. The molecule has 0 unspecified atom stereocenters. The number of carbonyl (C=O) groups is 1. The van der Waals surface area contributed by atoms with Crippen LogP contribution >= 0.6 is 23.1 Å². The average Bonchev–Trinajstić information content (AvgIpc) is 3.45. The molecule has 1 N–H and O–H groups in total. The number of hydrogen-bond donors (Lipinski definition) is 1. The fraction of sp³-hybridized carbons (Fsp3) is 0.167. The molecule has 9 heteroatoms. The fourth-order valence-electron chi connectivity index (χ4n) is 3.07. The maximum Gasteiger partial charge on any atom is 0.250 e. The molecule has 0 spiro atoms. The Morgan fingerprint density at radius 3 is 2.64 bits per heavy atom. The molecule has 0 bridgehead atoms. The van der Waals surface area contributed by atoms with Crippen molar-refractivity contribution >= 4 is 35.2 Å². The zero-order valence-electron chi connectivity index (χ0n) is 18.3. The minimum atomic E-state index is -0.215. The lowest BCUT2D eigenvalue weighted by Crippen LogP contribution is -2.20. The normalized spacial score (nSPS) is 11.1. The van der Waals surface area contributed by atoms with E-state index in [0.29, 0.717) is 17.6 Å². The number of aryl methyl sites for hydroxylation is 1. The first-order valence-electron chi connectivity index (χ1n) is 10.4. The van der Waals surface area contributed by atoms with Gasteiger partial charge in [0.15, 0.2) is 11.0 Å². The van der Waals surface area contributed by atoms with Crippen LogP contribution in [0.2, 0.25) is 0 Å². The maximum atomic E-state index is 12.4. The van der Waals surface area contributed by atoms with E-state index in [4.69, 9.17) is 4.74 Å². The Kier molecular flexibility index (Phi) is 7.54. The van der Waals surface area contributed by atoms with Crippen LogP contribution in [0.25, 0.3) is 17.1 Å². The van der Waals surface area contributed by atoms with E-state index in [0.717, 1.165) is 27.4 Å². The van der Waals surface area contributed by atoms with Gasteiger partial charge in [0.05, 0.1) is 18.6 Å². The summed E-state index contributed by atoms with van der Waals surface area (Å²) in [5.41, 5.74) is 5.53. The van der Waals surface area contributed by atoms with E-state index in [2.05, 4.69) is 20.7 Å². The molecule has 1 amide bonds. The first kappa shape index (κ1) is 22.8. The Morgan fingerprint density at radius 2 is 1.94 bits per heavy atom. The topological polar surface area (TPSA) is 81.4 Å². The maximum absolute atomic E-state index is 12.4. The number of aromatic nitrogens is 3. The predicted octanol–water partition coefficient (Wildman–Crippen LogP) is 4.95. The predicted molar refractivity (Wildman–Crippen MR) is 133 cm³/mol. The summed E-state index contributed by atoms with van der Waals surface area (Å²) in [6, 6.07) is 19.6. The number of amides is 1. The SMILES string of the molecule is CCOc1ccc(-n2c(SCC(=O)N/N=C\c3sccc3C)nnc2-c2ccccc2)cc1.